The summed E-state index contributed by atoms with van der Waals surface area (Å²) in [7, 11) is 0. The van der Waals surface area contributed by atoms with E-state index < -0.39 is 0 Å². The van der Waals surface area contributed by atoms with Crippen molar-refractivity contribution in [2.45, 2.75) is 13.5 Å². The summed E-state index contributed by atoms with van der Waals surface area (Å²) < 4.78 is 4.89. The first-order valence-corrected chi connectivity index (χ1v) is 7.63. The van der Waals surface area contributed by atoms with Crippen LogP contribution in [0.5, 0.6) is 0 Å². The van der Waals surface area contributed by atoms with Crippen LogP contribution in [0.4, 0.5) is 5.82 Å². The quantitative estimate of drug-likeness (QED) is 0.746. The van der Waals surface area contributed by atoms with Gasteiger partial charge in [0.1, 0.15) is 5.76 Å². The minimum Gasteiger partial charge on any atom is -0.360 e. The number of aryl methyl sites for hydroxylation is 1. The van der Waals surface area contributed by atoms with E-state index in [1.807, 2.05) is 12.1 Å². The Morgan fingerprint density at radius 1 is 1.00 bits per heavy atom. The van der Waals surface area contributed by atoms with E-state index >= 15 is 0 Å². The van der Waals surface area contributed by atoms with Crippen LogP contribution >= 0.6 is 0 Å². The number of pyridine rings is 1. The first-order chi connectivity index (χ1) is 12.1. The Morgan fingerprint density at radius 2 is 1.64 bits per heavy atom. The smallest absolute Gasteiger partial charge is 0.256 e. The van der Waals surface area contributed by atoms with Crippen molar-refractivity contribution in [2.24, 2.45) is 0 Å². The Balaban J connectivity index is 1.59. The average Bonchev–Trinajstić information content (AvgIpc) is 3.05. The van der Waals surface area contributed by atoms with E-state index in [1.54, 1.807) is 49.6 Å². The third-order valence-electron chi connectivity index (χ3n) is 3.48. The molecule has 0 aliphatic heterocycles. The summed E-state index contributed by atoms with van der Waals surface area (Å²) in [6.45, 7) is 2.15. The summed E-state index contributed by atoms with van der Waals surface area (Å²) in [5, 5.41) is 9.15. The lowest BCUT2D eigenvalue weighted by Crippen LogP contribution is -2.23. The van der Waals surface area contributed by atoms with Crippen LogP contribution < -0.4 is 10.6 Å². The highest BCUT2D eigenvalue weighted by atomic mass is 16.5. The number of benzene rings is 1. The molecule has 0 saturated carbocycles. The second-order valence-corrected chi connectivity index (χ2v) is 5.39. The van der Waals surface area contributed by atoms with E-state index in [9.17, 15) is 9.59 Å². The Morgan fingerprint density at radius 3 is 2.24 bits per heavy atom. The molecule has 7 heteroatoms. The Kier molecular flexibility index (Phi) is 4.84. The van der Waals surface area contributed by atoms with Gasteiger partial charge >= 0.3 is 0 Å². The van der Waals surface area contributed by atoms with Gasteiger partial charge in [0.05, 0.1) is 0 Å². The van der Waals surface area contributed by atoms with Crippen LogP contribution in [0.15, 0.2) is 59.4 Å². The number of nitrogens with zero attached hydrogens (tertiary/aromatic N) is 2. The summed E-state index contributed by atoms with van der Waals surface area (Å²) in [6, 6.07) is 11.7. The summed E-state index contributed by atoms with van der Waals surface area (Å²) in [4.78, 5) is 28.2. The number of anilines is 1. The van der Waals surface area contributed by atoms with Gasteiger partial charge in [0, 0.05) is 36.1 Å². The zero-order valence-electron chi connectivity index (χ0n) is 13.5. The average molecular weight is 336 g/mol. The van der Waals surface area contributed by atoms with Crippen molar-refractivity contribution >= 4 is 17.6 Å². The lowest BCUT2D eigenvalue weighted by molar-refractivity contribution is 0.0949. The molecule has 0 unspecified atom stereocenters. The maximum absolute atomic E-state index is 12.1. The molecule has 0 bridgehead atoms. The second kappa shape index (κ2) is 7.39. The van der Waals surface area contributed by atoms with Crippen molar-refractivity contribution in [2.75, 3.05) is 5.32 Å². The standard InChI is InChI=1S/C18H16N4O3/c1-12-10-16(22-25-12)21-18(24)15-4-2-14(3-5-15)17(23)20-11-13-6-8-19-9-7-13/h2-10H,11H2,1H3,(H,20,23)(H,21,22,24). The number of carbonyl (C=O) groups is 2. The fourth-order valence-corrected chi connectivity index (χ4v) is 2.17. The van der Waals surface area contributed by atoms with Crippen LogP contribution in [0.1, 0.15) is 32.0 Å². The molecule has 0 spiro atoms. The molecule has 1 aromatic carbocycles. The number of hydrogen-bond donors (Lipinski definition) is 2. The molecule has 2 N–H and O–H groups in total. The molecule has 2 heterocycles. The molecular weight excluding hydrogens is 320 g/mol. The Bertz CT molecular complexity index is 873. The normalized spacial score (nSPS) is 10.3. The monoisotopic (exact) mass is 336 g/mol. The lowest BCUT2D eigenvalue weighted by Gasteiger charge is -2.06. The summed E-state index contributed by atoms with van der Waals surface area (Å²) in [6.07, 6.45) is 3.34. The molecule has 0 saturated heterocycles. The Hall–Kier alpha value is -3.48. The highest BCUT2D eigenvalue weighted by Gasteiger charge is 2.11. The zero-order valence-corrected chi connectivity index (χ0v) is 13.5. The van der Waals surface area contributed by atoms with Crippen molar-refractivity contribution in [1.29, 1.82) is 0 Å². The highest BCUT2D eigenvalue weighted by molar-refractivity contribution is 6.04. The summed E-state index contributed by atoms with van der Waals surface area (Å²) in [5.74, 6) is 0.422. The first-order valence-electron chi connectivity index (χ1n) is 7.63. The summed E-state index contributed by atoms with van der Waals surface area (Å²) in [5.41, 5.74) is 1.86. The molecule has 7 nitrogen and oxygen atoms in total. The van der Waals surface area contributed by atoms with Gasteiger partial charge in [0.15, 0.2) is 5.82 Å². The molecule has 2 aromatic heterocycles. The highest BCUT2D eigenvalue weighted by Crippen LogP contribution is 2.11. The number of nitrogens with one attached hydrogen (secondary N) is 2. The third-order valence-corrected chi connectivity index (χ3v) is 3.48. The van der Waals surface area contributed by atoms with Gasteiger partial charge in [-0.3, -0.25) is 14.6 Å². The second-order valence-electron chi connectivity index (χ2n) is 5.39. The van der Waals surface area contributed by atoms with Crippen LogP contribution in [0.25, 0.3) is 0 Å². The number of rotatable bonds is 5. The van der Waals surface area contributed by atoms with Crippen LogP contribution in [0, 0.1) is 6.92 Å². The largest absolute Gasteiger partial charge is 0.360 e. The van der Waals surface area contributed by atoms with Gasteiger partial charge in [-0.25, -0.2) is 0 Å². The predicted octanol–water partition coefficient (Wildman–Crippen LogP) is 2.56. The Labute approximate surface area is 144 Å². The molecule has 0 aliphatic carbocycles. The fraction of sp³-hybridized carbons (Fsp3) is 0.111. The van der Waals surface area contributed by atoms with Gasteiger partial charge in [-0.05, 0) is 48.9 Å². The number of hydrogen-bond acceptors (Lipinski definition) is 5. The molecule has 0 radical (unpaired) electrons. The van der Waals surface area contributed by atoms with Gasteiger partial charge in [-0.15, -0.1) is 0 Å². The molecule has 0 fully saturated rings. The third kappa shape index (κ3) is 4.29. The van der Waals surface area contributed by atoms with Gasteiger partial charge in [-0.2, -0.15) is 0 Å². The van der Waals surface area contributed by atoms with Crippen LogP contribution in [0.3, 0.4) is 0 Å². The molecule has 3 rings (SSSR count). The van der Waals surface area contributed by atoms with Crippen LogP contribution in [-0.2, 0) is 6.54 Å². The number of carbonyl (C=O) groups excluding carboxylic acids is 2. The van der Waals surface area contributed by atoms with Gasteiger partial charge in [0.2, 0.25) is 0 Å². The van der Waals surface area contributed by atoms with Crippen LogP contribution in [-0.4, -0.2) is 22.0 Å². The fourth-order valence-electron chi connectivity index (χ4n) is 2.17. The maximum Gasteiger partial charge on any atom is 0.256 e. The molecule has 25 heavy (non-hydrogen) atoms. The molecule has 2 amide bonds. The lowest BCUT2D eigenvalue weighted by atomic mass is 10.1. The van der Waals surface area contributed by atoms with Crippen molar-refractivity contribution < 1.29 is 14.1 Å². The topological polar surface area (TPSA) is 97.1 Å². The molecule has 126 valence electrons. The van der Waals surface area contributed by atoms with Gasteiger partial charge < -0.3 is 15.2 Å². The van der Waals surface area contributed by atoms with E-state index in [-0.39, 0.29) is 11.8 Å². The number of amides is 2. The predicted molar refractivity (Wildman–Crippen MR) is 91.0 cm³/mol. The van der Waals surface area contributed by atoms with E-state index in [2.05, 4.69) is 20.8 Å². The molecular formula is C18H16N4O3. The van der Waals surface area contributed by atoms with Gasteiger partial charge in [-0.1, -0.05) is 5.16 Å². The first kappa shape index (κ1) is 16.4. The number of aromatic nitrogens is 2. The zero-order chi connectivity index (χ0) is 17.6. The van der Waals surface area contributed by atoms with E-state index in [4.69, 9.17) is 4.52 Å². The van der Waals surface area contributed by atoms with Crippen LogP contribution in [0.2, 0.25) is 0 Å². The molecule has 0 atom stereocenters. The van der Waals surface area contributed by atoms with E-state index in [0.717, 1.165) is 5.56 Å². The maximum atomic E-state index is 12.1. The summed E-state index contributed by atoms with van der Waals surface area (Å²) >= 11 is 0. The SMILES string of the molecule is Cc1cc(NC(=O)c2ccc(C(=O)NCc3ccncc3)cc2)no1. The molecule has 3 aromatic rings. The van der Waals surface area contributed by atoms with Gasteiger partial charge in [0.25, 0.3) is 11.8 Å². The van der Waals surface area contributed by atoms with Crippen molar-refractivity contribution in [3.8, 4) is 0 Å². The van der Waals surface area contributed by atoms with Crippen molar-refractivity contribution in [3.63, 3.8) is 0 Å². The minimum absolute atomic E-state index is 0.212. The van der Waals surface area contributed by atoms with E-state index in [0.29, 0.717) is 29.2 Å². The van der Waals surface area contributed by atoms with Crippen molar-refractivity contribution in [1.82, 2.24) is 15.5 Å². The van der Waals surface area contributed by atoms with E-state index in [1.165, 1.54) is 0 Å². The molecule has 0 aliphatic rings. The minimum atomic E-state index is -0.322. The van der Waals surface area contributed by atoms with Crippen molar-refractivity contribution in [3.05, 3.63) is 77.3 Å².